The molecule has 5 atom stereocenters. The van der Waals surface area contributed by atoms with Crippen LogP contribution < -0.4 is 21.5 Å². The van der Waals surface area contributed by atoms with Crippen LogP contribution in [0.15, 0.2) is 93.3 Å². The molecule has 1 amide bonds. The molecule has 7 rings (SSSR count). The van der Waals surface area contributed by atoms with Crippen molar-refractivity contribution in [2.45, 2.75) is 106 Å². The van der Waals surface area contributed by atoms with E-state index in [1.165, 1.54) is 35.0 Å². The van der Waals surface area contributed by atoms with Crippen molar-refractivity contribution in [3.8, 4) is 11.8 Å². The Labute approximate surface area is 453 Å². The van der Waals surface area contributed by atoms with Crippen molar-refractivity contribution in [3.63, 3.8) is 0 Å². The van der Waals surface area contributed by atoms with Crippen molar-refractivity contribution >= 4 is 83.7 Å². The molecule has 4 aromatic rings. The Balaban J connectivity index is 0.976. The van der Waals surface area contributed by atoms with Crippen LogP contribution in [0.2, 0.25) is 0 Å². The summed E-state index contributed by atoms with van der Waals surface area (Å²) >= 11 is 0. The molecular formula is C47H59N7O20P3S2+. The number of phosphoric acid groups is 3. The van der Waals surface area contributed by atoms with Gasteiger partial charge in [-0.2, -0.15) is 35.0 Å². The van der Waals surface area contributed by atoms with Crippen LogP contribution in [0.4, 0.5) is 17.3 Å². The van der Waals surface area contributed by atoms with Crippen LogP contribution in [0.3, 0.4) is 0 Å². The quantitative estimate of drug-likeness (QED) is 0.0135. The van der Waals surface area contributed by atoms with Gasteiger partial charge in [0.2, 0.25) is 17.5 Å². The first-order chi connectivity index (χ1) is 36.6. The number of ether oxygens (including phenoxy) is 1. The summed E-state index contributed by atoms with van der Waals surface area (Å²) in [5.74, 6) is 5.01. The Morgan fingerprint density at radius 2 is 1.62 bits per heavy atom. The molecule has 3 aliphatic heterocycles. The van der Waals surface area contributed by atoms with Crippen LogP contribution in [0.1, 0.15) is 89.6 Å². The molecule has 0 radical (unpaired) electrons. The minimum Gasteiger partial charge on any atom is -0.390 e. The monoisotopic (exact) mass is 1200 g/mol. The second kappa shape index (κ2) is 23.2. The smallest absolute Gasteiger partial charge is 0.390 e. The fourth-order valence-electron chi connectivity index (χ4n) is 9.67. The van der Waals surface area contributed by atoms with E-state index in [-0.39, 0.29) is 57.6 Å². The average molecular weight is 1200 g/mol. The number of anilines is 2. The number of allylic oxidation sites excluding steroid dienone is 6. The lowest BCUT2D eigenvalue weighted by molar-refractivity contribution is -0.438. The molecule has 2 unspecified atom stereocenters. The van der Waals surface area contributed by atoms with Crippen LogP contribution in [-0.4, -0.2) is 120 Å². The number of carbonyl (C=O) groups excluding carboxylic acids is 1. The second-order valence-corrected chi connectivity index (χ2v) is 26.7. The van der Waals surface area contributed by atoms with Crippen LogP contribution in [0.5, 0.6) is 0 Å². The number of hydrogen-bond donors (Lipinski definition) is 10. The SMILES string of the molecule is CCN1C(=CC=CC=CC2=[N+](CCCCCC(=O)NCC#Cc3cn([C@H]4C[C@H](O)[C@@H](COP(=O)(O)OP(=O)(O)OP(=O)(O)O)O4)c4nc(N)[nH]c(=O)c34)c3ccc(S(=O)(=O)O)cc3C2(C)C)C(C)(C)c2cc(S(=O)(=O)O)ccc21. The zero-order valence-corrected chi connectivity index (χ0v) is 47.3. The summed E-state index contributed by atoms with van der Waals surface area (Å²) in [4.78, 5) is 71.0. The van der Waals surface area contributed by atoms with E-state index in [0.29, 0.717) is 37.9 Å². The largest absolute Gasteiger partial charge is 0.490 e. The number of carbonyl (C=O) groups is 1. The minimum absolute atomic E-state index is 0.0293. The first-order valence-corrected chi connectivity index (χ1v) is 31.5. The number of likely N-dealkylation sites (N-methyl/N-ethyl adjacent to an activating group) is 1. The Kier molecular flexibility index (Phi) is 17.9. The second-order valence-electron chi connectivity index (χ2n) is 19.4. The van der Waals surface area contributed by atoms with E-state index in [4.69, 9.17) is 20.3 Å². The van der Waals surface area contributed by atoms with Crippen LogP contribution in [-0.2, 0) is 67.4 Å². The number of aromatic nitrogens is 3. The molecule has 0 spiro atoms. The number of aliphatic hydroxyl groups excluding tert-OH is 1. The number of aliphatic hydroxyl groups is 1. The molecule has 27 nitrogen and oxygen atoms in total. The molecule has 2 aromatic heterocycles. The number of hydrogen-bond acceptors (Lipinski definition) is 17. The molecule has 0 aliphatic carbocycles. The van der Waals surface area contributed by atoms with Crippen molar-refractivity contribution in [1.29, 1.82) is 0 Å². The molecule has 1 fully saturated rings. The van der Waals surface area contributed by atoms with E-state index in [2.05, 4.69) is 49.7 Å². The Morgan fingerprint density at radius 1 is 0.949 bits per heavy atom. The number of nitrogens with one attached hydrogen (secondary N) is 2. The lowest BCUT2D eigenvalue weighted by atomic mass is 9.81. The maximum absolute atomic E-state index is 13.1. The fraction of sp³-hybridized carbons (Fsp3) is 0.404. The number of nitrogens with two attached hydrogens (primary N) is 1. The highest BCUT2D eigenvalue weighted by atomic mass is 32.2. The highest BCUT2D eigenvalue weighted by Crippen LogP contribution is 2.66. The van der Waals surface area contributed by atoms with Crippen molar-refractivity contribution in [2.24, 2.45) is 0 Å². The van der Waals surface area contributed by atoms with E-state index in [9.17, 15) is 64.1 Å². The summed E-state index contributed by atoms with van der Waals surface area (Å²) < 4.78 is 124. The van der Waals surface area contributed by atoms with Gasteiger partial charge in [0.05, 0.1) is 45.4 Å². The van der Waals surface area contributed by atoms with Gasteiger partial charge >= 0.3 is 23.5 Å². The Hall–Kier alpha value is -5.47. The van der Waals surface area contributed by atoms with Crippen LogP contribution in [0.25, 0.3) is 11.0 Å². The van der Waals surface area contributed by atoms with Crippen LogP contribution in [0, 0.1) is 11.8 Å². The van der Waals surface area contributed by atoms with Gasteiger partial charge in [0.15, 0.2) is 11.4 Å². The topological polar surface area (TPSA) is 410 Å². The Morgan fingerprint density at radius 3 is 2.28 bits per heavy atom. The molecule has 2 aromatic carbocycles. The first-order valence-electron chi connectivity index (χ1n) is 24.1. The highest BCUT2D eigenvalue weighted by molar-refractivity contribution is 7.86. The van der Waals surface area contributed by atoms with E-state index in [1.807, 2.05) is 65.0 Å². The van der Waals surface area contributed by atoms with E-state index in [0.717, 1.165) is 28.3 Å². The summed E-state index contributed by atoms with van der Waals surface area (Å²) in [5, 5.41) is 13.4. The van der Waals surface area contributed by atoms with Gasteiger partial charge in [-0.05, 0) is 75.6 Å². The lowest BCUT2D eigenvalue weighted by Gasteiger charge is -2.25. The summed E-state index contributed by atoms with van der Waals surface area (Å²) in [5.41, 5.74) is 8.69. The summed E-state index contributed by atoms with van der Waals surface area (Å²) in [6.45, 7) is 9.84. The molecule has 3 aliphatic rings. The van der Waals surface area contributed by atoms with Gasteiger partial charge in [0.25, 0.3) is 25.8 Å². The average Bonchev–Trinajstić information content (AvgIpc) is 4.11. The number of nitrogens with zero attached hydrogens (tertiary/aromatic N) is 4. The minimum atomic E-state index is -5.80. The summed E-state index contributed by atoms with van der Waals surface area (Å²) in [6.07, 6.45) is 8.55. The molecule has 0 saturated carbocycles. The first kappa shape index (κ1) is 61.2. The summed E-state index contributed by atoms with van der Waals surface area (Å²) in [6, 6.07) is 9.01. The van der Waals surface area contributed by atoms with Gasteiger partial charge in [0, 0.05) is 66.5 Å². The predicted octanol–water partition coefficient (Wildman–Crippen LogP) is 4.71. The molecule has 0 bridgehead atoms. The van der Waals surface area contributed by atoms with Crippen LogP contribution >= 0.6 is 23.5 Å². The third-order valence-corrected chi connectivity index (χ3v) is 18.8. The van der Waals surface area contributed by atoms with E-state index >= 15 is 0 Å². The molecule has 428 valence electrons. The molecule has 11 N–H and O–H groups in total. The van der Waals surface area contributed by atoms with Crippen molar-refractivity contribution in [3.05, 3.63) is 106 Å². The number of unbranched alkanes of at least 4 members (excludes halogenated alkanes) is 2. The number of amides is 1. The van der Waals surface area contributed by atoms with Gasteiger partial charge in [-0.1, -0.05) is 43.9 Å². The Bertz CT molecular complexity index is 3730. The third kappa shape index (κ3) is 14.2. The molecular weight excluding hydrogens is 1140 g/mol. The maximum Gasteiger partial charge on any atom is 0.490 e. The predicted molar refractivity (Wildman–Crippen MR) is 285 cm³/mol. The molecule has 79 heavy (non-hydrogen) atoms. The highest BCUT2D eigenvalue weighted by Gasteiger charge is 2.46. The van der Waals surface area contributed by atoms with E-state index < -0.39 is 85.1 Å². The number of fused-ring (bicyclic) bond motifs is 3. The molecule has 1 saturated heterocycles. The molecule has 32 heteroatoms. The summed E-state index contributed by atoms with van der Waals surface area (Å²) in [7, 11) is -25.9. The molecule has 5 heterocycles. The van der Waals surface area contributed by atoms with Gasteiger partial charge in [-0.25, -0.2) is 13.7 Å². The number of rotatable bonds is 21. The van der Waals surface area contributed by atoms with Crippen molar-refractivity contribution in [2.75, 3.05) is 36.9 Å². The number of nitrogen functional groups attached to an aromatic ring is 1. The standard InChI is InChI=1S/C47H58N7O20P3S2/c1-6-52-34-20-18-30(78(65,66)67)24-32(34)46(2,3)38(52)15-9-7-10-16-39-47(4,5)33-25-31(79(68,69)70)19-21-35(33)53(39)23-12-8-11-17-40(56)49-22-13-14-29-27-54(43-42(29)44(57)51-45(48)50-43)41-26-36(55)37(72-41)28-71-76(61,62)74-77(63,64)73-75(58,59)60/h7,9-10,15-16,18-21,24-25,27,36-37,41,55H,6,8,11-12,17,22-23,26,28H2,1-5H3,(H9-,48,49,50,51,56,57,58,59,60,61,62,63,64,65,66,67,68,69,70)/p+1/t36-,37+,41+/m0/s1. The van der Waals surface area contributed by atoms with Gasteiger partial charge in [-0.15, -0.1) is 0 Å². The number of aromatic amines is 1. The normalized spacial score (nSPS) is 21.1. The zero-order valence-electron chi connectivity index (χ0n) is 43.0. The van der Waals surface area contributed by atoms with E-state index in [1.54, 1.807) is 12.1 Å². The third-order valence-electron chi connectivity index (χ3n) is 13.3. The van der Waals surface area contributed by atoms with Crippen molar-refractivity contribution < 1.29 is 91.6 Å². The number of phosphoric ester groups is 1. The van der Waals surface area contributed by atoms with Gasteiger partial charge in [0.1, 0.15) is 18.9 Å². The lowest BCUT2D eigenvalue weighted by Crippen LogP contribution is -2.28. The van der Waals surface area contributed by atoms with Gasteiger partial charge in [-0.3, -0.25) is 28.2 Å². The number of benzene rings is 2. The van der Waals surface area contributed by atoms with Gasteiger partial charge < -0.3 is 49.9 Å². The number of H-pyrrole nitrogens is 1. The van der Waals surface area contributed by atoms with Crippen molar-refractivity contribution in [1.82, 2.24) is 19.9 Å². The maximum atomic E-state index is 13.1. The zero-order chi connectivity index (χ0) is 58.3. The fourth-order valence-corrected chi connectivity index (χ4v) is 13.7.